The average Bonchev–Trinajstić information content (AvgIpc) is 2.69. The van der Waals surface area contributed by atoms with Crippen LogP contribution in [-0.2, 0) is 6.18 Å². The molecule has 0 amide bonds. The number of halogens is 3. The van der Waals surface area contributed by atoms with Crippen LogP contribution in [0.15, 0.2) is 30.5 Å². The minimum Gasteiger partial charge on any atom is -0.360 e. The minimum absolute atomic E-state index is 0.382. The fraction of sp³-hybridized carbons (Fsp3) is 0.111. The molecule has 0 radical (unpaired) electrons. The number of rotatable bonds is 1. The summed E-state index contributed by atoms with van der Waals surface area (Å²) in [5.74, 6) is 0. The van der Waals surface area contributed by atoms with Crippen LogP contribution in [0.2, 0.25) is 0 Å². The van der Waals surface area contributed by atoms with Crippen molar-refractivity contribution >= 4 is 0 Å². The van der Waals surface area contributed by atoms with Crippen LogP contribution in [0.5, 0.6) is 0 Å². The van der Waals surface area contributed by atoms with Gasteiger partial charge in [0, 0.05) is 6.20 Å². The molecule has 0 spiro atoms. The molecule has 0 unspecified atom stereocenters. The summed E-state index contributed by atoms with van der Waals surface area (Å²) in [6.07, 6.45) is -2.78. The van der Waals surface area contributed by atoms with Gasteiger partial charge in [0.05, 0.1) is 5.69 Å². The van der Waals surface area contributed by atoms with Crippen molar-refractivity contribution in [3.05, 3.63) is 36.2 Å². The van der Waals surface area contributed by atoms with E-state index in [1.807, 2.05) is 0 Å². The SMILES string of the molecule is FC(F)(F)c1ccc(-c2ccc[nH]2)nn1. The van der Waals surface area contributed by atoms with Gasteiger partial charge in [-0.1, -0.05) is 0 Å². The molecule has 2 aromatic rings. The molecular weight excluding hydrogens is 207 g/mol. The van der Waals surface area contributed by atoms with Gasteiger partial charge >= 0.3 is 6.18 Å². The Bertz CT molecular complexity index is 431. The second-order valence-electron chi connectivity index (χ2n) is 2.89. The Hall–Kier alpha value is -1.85. The van der Waals surface area contributed by atoms with E-state index < -0.39 is 11.9 Å². The smallest absolute Gasteiger partial charge is 0.360 e. The van der Waals surface area contributed by atoms with E-state index >= 15 is 0 Å². The van der Waals surface area contributed by atoms with Crippen molar-refractivity contribution < 1.29 is 13.2 Å². The maximum atomic E-state index is 12.2. The summed E-state index contributed by atoms with van der Waals surface area (Å²) in [6, 6.07) is 5.62. The second kappa shape index (κ2) is 3.38. The number of H-pyrrole nitrogens is 1. The van der Waals surface area contributed by atoms with E-state index in [1.165, 1.54) is 6.07 Å². The van der Waals surface area contributed by atoms with E-state index in [-0.39, 0.29) is 0 Å². The standard InChI is InChI=1S/C9H6F3N3/c10-9(11,12)8-4-3-7(14-15-8)6-2-1-5-13-6/h1-5,13H. The zero-order valence-electron chi connectivity index (χ0n) is 7.42. The van der Waals surface area contributed by atoms with Crippen LogP contribution in [0.4, 0.5) is 13.2 Å². The van der Waals surface area contributed by atoms with E-state index in [1.54, 1.807) is 18.3 Å². The van der Waals surface area contributed by atoms with Crippen LogP contribution in [0, 0.1) is 0 Å². The van der Waals surface area contributed by atoms with Crippen molar-refractivity contribution in [2.75, 3.05) is 0 Å². The van der Waals surface area contributed by atoms with Gasteiger partial charge in [0.25, 0.3) is 0 Å². The lowest BCUT2D eigenvalue weighted by atomic mass is 10.3. The van der Waals surface area contributed by atoms with Crippen molar-refractivity contribution in [2.45, 2.75) is 6.18 Å². The molecule has 1 N–H and O–H groups in total. The van der Waals surface area contributed by atoms with Crippen LogP contribution >= 0.6 is 0 Å². The lowest BCUT2D eigenvalue weighted by Crippen LogP contribution is -2.08. The first-order valence-corrected chi connectivity index (χ1v) is 4.12. The quantitative estimate of drug-likeness (QED) is 0.790. The molecule has 0 fully saturated rings. The Balaban J connectivity index is 2.33. The molecule has 15 heavy (non-hydrogen) atoms. The summed E-state index contributed by atoms with van der Waals surface area (Å²) in [5.41, 5.74) is 0.0297. The first kappa shape index (κ1) is 9.70. The number of aromatic amines is 1. The van der Waals surface area contributed by atoms with Crippen molar-refractivity contribution in [3.63, 3.8) is 0 Å². The number of nitrogens with zero attached hydrogens (tertiary/aromatic N) is 2. The van der Waals surface area contributed by atoms with Crippen LogP contribution in [0.1, 0.15) is 5.69 Å². The molecule has 6 heteroatoms. The molecule has 0 aliphatic carbocycles. The van der Waals surface area contributed by atoms with E-state index in [4.69, 9.17) is 0 Å². The van der Waals surface area contributed by atoms with Gasteiger partial charge in [-0.05, 0) is 24.3 Å². The van der Waals surface area contributed by atoms with Crippen molar-refractivity contribution in [3.8, 4) is 11.4 Å². The summed E-state index contributed by atoms with van der Waals surface area (Å²) in [6.45, 7) is 0. The lowest BCUT2D eigenvalue weighted by Gasteiger charge is -2.04. The fourth-order valence-electron chi connectivity index (χ4n) is 1.12. The molecule has 78 valence electrons. The molecule has 0 saturated heterocycles. The molecule has 2 rings (SSSR count). The first-order valence-electron chi connectivity index (χ1n) is 4.12. The van der Waals surface area contributed by atoms with Gasteiger partial charge < -0.3 is 4.98 Å². The third-order valence-electron chi connectivity index (χ3n) is 1.83. The number of aromatic nitrogens is 3. The van der Waals surface area contributed by atoms with E-state index in [0.29, 0.717) is 11.4 Å². The van der Waals surface area contributed by atoms with Gasteiger partial charge in [0.2, 0.25) is 0 Å². The number of nitrogens with one attached hydrogen (secondary N) is 1. The zero-order chi connectivity index (χ0) is 10.9. The molecule has 0 aliphatic rings. The highest BCUT2D eigenvalue weighted by Crippen LogP contribution is 2.27. The molecule has 3 nitrogen and oxygen atoms in total. The monoisotopic (exact) mass is 213 g/mol. The maximum absolute atomic E-state index is 12.2. The summed E-state index contributed by atoms with van der Waals surface area (Å²) in [7, 11) is 0. The molecule has 0 aliphatic heterocycles. The molecule has 2 aromatic heterocycles. The van der Waals surface area contributed by atoms with E-state index in [0.717, 1.165) is 6.07 Å². The third-order valence-corrected chi connectivity index (χ3v) is 1.83. The Morgan fingerprint density at radius 2 is 1.87 bits per heavy atom. The molecular formula is C9H6F3N3. The second-order valence-corrected chi connectivity index (χ2v) is 2.89. The van der Waals surface area contributed by atoms with Gasteiger partial charge in [0.1, 0.15) is 5.69 Å². The Morgan fingerprint density at radius 3 is 2.33 bits per heavy atom. The predicted molar refractivity (Wildman–Crippen MR) is 46.8 cm³/mol. The summed E-state index contributed by atoms with van der Waals surface area (Å²) >= 11 is 0. The average molecular weight is 213 g/mol. The van der Waals surface area contributed by atoms with Gasteiger partial charge in [-0.2, -0.15) is 13.2 Å². The van der Waals surface area contributed by atoms with Crippen LogP contribution < -0.4 is 0 Å². The number of hydrogen-bond acceptors (Lipinski definition) is 2. The number of hydrogen-bond donors (Lipinski definition) is 1. The summed E-state index contributed by atoms with van der Waals surface area (Å²) < 4.78 is 36.5. The maximum Gasteiger partial charge on any atom is 0.435 e. The molecule has 0 atom stereocenters. The van der Waals surface area contributed by atoms with Gasteiger partial charge in [-0.25, -0.2) is 0 Å². The first-order chi connectivity index (χ1) is 7.07. The summed E-state index contributed by atoms with van der Waals surface area (Å²) in [4.78, 5) is 2.83. The predicted octanol–water partition coefficient (Wildman–Crippen LogP) is 2.49. The highest BCUT2D eigenvalue weighted by atomic mass is 19.4. The van der Waals surface area contributed by atoms with Crippen molar-refractivity contribution in [1.82, 2.24) is 15.2 Å². The third kappa shape index (κ3) is 1.98. The van der Waals surface area contributed by atoms with Crippen LogP contribution in [0.3, 0.4) is 0 Å². The van der Waals surface area contributed by atoms with E-state index in [2.05, 4.69) is 15.2 Å². The Labute approximate surface area is 83.0 Å². The highest BCUT2D eigenvalue weighted by molar-refractivity contribution is 5.53. The normalized spacial score (nSPS) is 11.7. The molecule has 0 bridgehead atoms. The van der Waals surface area contributed by atoms with Crippen molar-refractivity contribution in [2.24, 2.45) is 0 Å². The zero-order valence-corrected chi connectivity index (χ0v) is 7.42. The van der Waals surface area contributed by atoms with Crippen molar-refractivity contribution in [1.29, 1.82) is 0 Å². The fourth-order valence-corrected chi connectivity index (χ4v) is 1.12. The van der Waals surface area contributed by atoms with Crippen LogP contribution in [-0.4, -0.2) is 15.2 Å². The summed E-state index contributed by atoms with van der Waals surface area (Å²) in [5, 5.41) is 6.60. The van der Waals surface area contributed by atoms with Gasteiger partial charge in [-0.15, -0.1) is 10.2 Å². The topological polar surface area (TPSA) is 41.6 Å². The van der Waals surface area contributed by atoms with E-state index in [9.17, 15) is 13.2 Å². The lowest BCUT2D eigenvalue weighted by molar-refractivity contribution is -0.141. The molecule has 0 aromatic carbocycles. The van der Waals surface area contributed by atoms with Crippen LogP contribution in [0.25, 0.3) is 11.4 Å². The molecule has 0 saturated carbocycles. The number of alkyl halides is 3. The largest absolute Gasteiger partial charge is 0.435 e. The Kier molecular flexibility index (Phi) is 2.18. The minimum atomic E-state index is -4.44. The Morgan fingerprint density at radius 1 is 1.07 bits per heavy atom. The highest BCUT2D eigenvalue weighted by Gasteiger charge is 2.32. The van der Waals surface area contributed by atoms with Gasteiger partial charge in [-0.3, -0.25) is 0 Å². The molecule has 2 heterocycles. The van der Waals surface area contributed by atoms with Gasteiger partial charge in [0.15, 0.2) is 5.69 Å².